The number of carbonyl (C=O) groups excluding carboxylic acids is 2. The van der Waals surface area contributed by atoms with Crippen LogP contribution in [-0.4, -0.2) is 24.1 Å². The Morgan fingerprint density at radius 1 is 1.11 bits per heavy atom. The number of nitrogens with zero attached hydrogens (tertiary/aromatic N) is 1. The number of carbonyl (C=O) groups is 2. The predicted octanol–water partition coefficient (Wildman–Crippen LogP) is 3.54. The topological polar surface area (TPSA) is 82.6 Å². The molecule has 1 saturated carbocycles. The van der Waals surface area contributed by atoms with Gasteiger partial charge in [-0.3, -0.25) is 9.59 Å². The van der Waals surface area contributed by atoms with Gasteiger partial charge in [0, 0.05) is 27.5 Å². The summed E-state index contributed by atoms with van der Waals surface area (Å²) in [5.41, 5.74) is 7.24. The summed E-state index contributed by atoms with van der Waals surface area (Å²) in [5, 5.41) is 9.95. The average Bonchev–Trinajstić information content (AvgIpc) is 3.44. The number of aryl methyl sites for hydroxylation is 1. The highest BCUT2D eigenvalue weighted by molar-refractivity contribution is 9.10. The Balaban J connectivity index is 1.72. The lowest BCUT2D eigenvalue weighted by atomic mass is 10.1. The molecule has 27 heavy (non-hydrogen) atoms. The minimum absolute atomic E-state index is 0.130. The molecule has 1 aliphatic carbocycles. The Kier molecular flexibility index (Phi) is 5.91. The van der Waals surface area contributed by atoms with Crippen LogP contribution in [0.25, 0.3) is 0 Å². The van der Waals surface area contributed by atoms with Crippen LogP contribution in [0.3, 0.4) is 0 Å². The Hall–Kier alpha value is -2.67. The van der Waals surface area contributed by atoms with Gasteiger partial charge in [0.1, 0.15) is 0 Å². The van der Waals surface area contributed by atoms with E-state index in [9.17, 15) is 9.59 Å². The lowest BCUT2D eigenvalue weighted by Crippen LogP contribution is -2.38. The summed E-state index contributed by atoms with van der Waals surface area (Å²) in [5.74, 6) is -1.42. The average molecular weight is 429 g/mol. The van der Waals surface area contributed by atoms with Crippen molar-refractivity contribution in [2.75, 3.05) is 5.32 Å². The van der Waals surface area contributed by atoms with Gasteiger partial charge in [-0.15, -0.1) is 0 Å². The molecule has 6 nitrogen and oxygen atoms in total. The SMILES string of the molecule is Cc1cccc(Nc2ccc(Br)cc2/C=N\NC(=O)C(=O)NC2CC2)c1C. The first kappa shape index (κ1) is 19.1. The standard InChI is InChI=1S/C20H21BrN4O2/c1-12-4-3-5-17(13(12)2)24-18-9-6-15(21)10-14(18)11-22-25-20(27)19(26)23-16-7-8-16/h3-6,9-11,16,24H,7-8H2,1-2H3,(H,23,26)(H,25,27)/b22-11-. The van der Waals surface area contributed by atoms with Gasteiger partial charge in [0.25, 0.3) is 0 Å². The van der Waals surface area contributed by atoms with E-state index in [-0.39, 0.29) is 6.04 Å². The smallest absolute Gasteiger partial charge is 0.329 e. The second-order valence-electron chi connectivity index (χ2n) is 6.55. The molecular formula is C20H21BrN4O2. The number of benzene rings is 2. The van der Waals surface area contributed by atoms with E-state index in [2.05, 4.69) is 57.0 Å². The number of nitrogens with one attached hydrogen (secondary N) is 3. The molecule has 0 atom stereocenters. The summed E-state index contributed by atoms with van der Waals surface area (Å²) in [7, 11) is 0. The van der Waals surface area contributed by atoms with E-state index in [1.54, 1.807) is 0 Å². The van der Waals surface area contributed by atoms with Crippen molar-refractivity contribution in [1.82, 2.24) is 10.7 Å². The molecule has 0 aliphatic heterocycles. The molecule has 140 valence electrons. The number of hydrogen-bond donors (Lipinski definition) is 3. The van der Waals surface area contributed by atoms with E-state index in [1.165, 1.54) is 11.8 Å². The Morgan fingerprint density at radius 2 is 1.89 bits per heavy atom. The molecule has 3 N–H and O–H groups in total. The van der Waals surface area contributed by atoms with Crippen LogP contribution in [0.15, 0.2) is 46.0 Å². The van der Waals surface area contributed by atoms with Gasteiger partial charge < -0.3 is 10.6 Å². The minimum Gasteiger partial charge on any atom is -0.355 e. The van der Waals surface area contributed by atoms with Crippen LogP contribution in [0.4, 0.5) is 11.4 Å². The van der Waals surface area contributed by atoms with Crippen LogP contribution in [0.2, 0.25) is 0 Å². The van der Waals surface area contributed by atoms with Gasteiger partial charge in [-0.2, -0.15) is 5.10 Å². The molecule has 0 heterocycles. The zero-order valence-electron chi connectivity index (χ0n) is 15.2. The number of anilines is 2. The molecule has 0 radical (unpaired) electrons. The van der Waals surface area contributed by atoms with Gasteiger partial charge >= 0.3 is 11.8 Å². The van der Waals surface area contributed by atoms with E-state index in [1.807, 2.05) is 30.3 Å². The zero-order chi connectivity index (χ0) is 19.4. The molecule has 7 heteroatoms. The maximum absolute atomic E-state index is 11.8. The van der Waals surface area contributed by atoms with Gasteiger partial charge in [0.2, 0.25) is 0 Å². The highest BCUT2D eigenvalue weighted by atomic mass is 79.9. The second-order valence-corrected chi connectivity index (χ2v) is 7.47. The molecule has 0 saturated heterocycles. The molecule has 3 rings (SSSR count). The maximum atomic E-state index is 11.8. The van der Waals surface area contributed by atoms with Gasteiger partial charge in [0.05, 0.1) is 6.21 Å². The quantitative estimate of drug-likeness (QED) is 0.386. The molecule has 1 aliphatic rings. The third-order valence-corrected chi connectivity index (χ3v) is 4.87. The number of rotatable bonds is 5. The minimum atomic E-state index is -0.766. The monoisotopic (exact) mass is 428 g/mol. The van der Waals surface area contributed by atoms with Crippen molar-refractivity contribution in [2.24, 2.45) is 5.10 Å². The van der Waals surface area contributed by atoms with Crippen molar-refractivity contribution in [3.05, 3.63) is 57.6 Å². The third-order valence-electron chi connectivity index (χ3n) is 4.38. The van der Waals surface area contributed by atoms with Crippen molar-refractivity contribution < 1.29 is 9.59 Å². The molecule has 2 aromatic carbocycles. The summed E-state index contributed by atoms with van der Waals surface area (Å²) in [4.78, 5) is 23.4. The second kappa shape index (κ2) is 8.35. The highest BCUT2D eigenvalue weighted by Crippen LogP contribution is 2.26. The predicted molar refractivity (Wildman–Crippen MR) is 110 cm³/mol. The Labute approximate surface area is 166 Å². The summed E-state index contributed by atoms with van der Waals surface area (Å²) < 4.78 is 0.883. The normalized spacial score (nSPS) is 13.4. The zero-order valence-corrected chi connectivity index (χ0v) is 16.8. The molecule has 0 spiro atoms. The van der Waals surface area contributed by atoms with Crippen molar-refractivity contribution in [1.29, 1.82) is 0 Å². The fraction of sp³-hybridized carbons (Fsp3) is 0.250. The number of amides is 2. The largest absolute Gasteiger partial charge is 0.355 e. The van der Waals surface area contributed by atoms with Crippen LogP contribution in [-0.2, 0) is 9.59 Å². The van der Waals surface area contributed by atoms with Gasteiger partial charge in [0.15, 0.2) is 0 Å². The van der Waals surface area contributed by atoms with Crippen LogP contribution in [0, 0.1) is 13.8 Å². The summed E-state index contributed by atoms with van der Waals surface area (Å²) >= 11 is 3.45. The van der Waals surface area contributed by atoms with E-state index in [0.717, 1.165) is 39.8 Å². The first-order valence-electron chi connectivity index (χ1n) is 8.70. The maximum Gasteiger partial charge on any atom is 0.329 e. The molecule has 2 aromatic rings. The fourth-order valence-electron chi connectivity index (χ4n) is 2.48. The van der Waals surface area contributed by atoms with Crippen LogP contribution in [0.1, 0.15) is 29.5 Å². The summed E-state index contributed by atoms with van der Waals surface area (Å²) in [6, 6.07) is 11.9. The van der Waals surface area contributed by atoms with Crippen molar-refractivity contribution >= 4 is 45.3 Å². The number of halogens is 1. The highest BCUT2D eigenvalue weighted by Gasteiger charge is 2.26. The van der Waals surface area contributed by atoms with Gasteiger partial charge in [-0.1, -0.05) is 28.1 Å². The van der Waals surface area contributed by atoms with Crippen molar-refractivity contribution in [3.8, 4) is 0 Å². The van der Waals surface area contributed by atoms with E-state index >= 15 is 0 Å². The fourth-order valence-corrected chi connectivity index (χ4v) is 2.85. The van der Waals surface area contributed by atoms with Crippen molar-refractivity contribution in [2.45, 2.75) is 32.7 Å². The van der Waals surface area contributed by atoms with Gasteiger partial charge in [-0.05, 0) is 62.1 Å². The van der Waals surface area contributed by atoms with Gasteiger partial charge in [-0.25, -0.2) is 5.43 Å². The van der Waals surface area contributed by atoms with Crippen molar-refractivity contribution in [3.63, 3.8) is 0 Å². The molecule has 2 amide bonds. The van der Waals surface area contributed by atoms with E-state index in [0.29, 0.717) is 0 Å². The van der Waals surface area contributed by atoms with E-state index < -0.39 is 11.8 Å². The van der Waals surface area contributed by atoms with Crippen LogP contribution < -0.4 is 16.1 Å². The first-order chi connectivity index (χ1) is 12.9. The Morgan fingerprint density at radius 3 is 2.63 bits per heavy atom. The molecule has 0 bridgehead atoms. The van der Waals surface area contributed by atoms with E-state index in [4.69, 9.17) is 0 Å². The first-order valence-corrected chi connectivity index (χ1v) is 9.50. The summed E-state index contributed by atoms with van der Waals surface area (Å²) in [6.45, 7) is 4.12. The number of hydrogen-bond acceptors (Lipinski definition) is 4. The Bertz CT molecular complexity index is 907. The lowest BCUT2D eigenvalue weighted by molar-refractivity contribution is -0.139. The molecular weight excluding hydrogens is 408 g/mol. The third kappa shape index (κ3) is 5.17. The van der Waals surface area contributed by atoms with Crippen LogP contribution in [0.5, 0.6) is 0 Å². The molecule has 0 aromatic heterocycles. The molecule has 1 fully saturated rings. The molecule has 0 unspecified atom stereocenters. The summed E-state index contributed by atoms with van der Waals surface area (Å²) in [6.07, 6.45) is 3.36. The number of hydrazone groups is 1. The van der Waals surface area contributed by atoms with Crippen LogP contribution >= 0.6 is 15.9 Å². The lowest BCUT2D eigenvalue weighted by Gasteiger charge is -2.13.